The summed E-state index contributed by atoms with van der Waals surface area (Å²) < 4.78 is 1.68. The van der Waals surface area contributed by atoms with E-state index >= 15 is 0 Å². The van der Waals surface area contributed by atoms with Gasteiger partial charge in [0.25, 0.3) is 0 Å². The molecule has 0 atom stereocenters. The highest BCUT2D eigenvalue weighted by Crippen LogP contribution is 2.05. The molecule has 1 rings (SSSR count). The number of hydrogen-bond acceptors (Lipinski definition) is 2. The fourth-order valence-electron chi connectivity index (χ4n) is 1.49. The van der Waals surface area contributed by atoms with Gasteiger partial charge < -0.3 is 0 Å². The molecule has 0 saturated heterocycles. The highest BCUT2D eigenvalue weighted by atomic mass is 15.4. The van der Waals surface area contributed by atoms with Gasteiger partial charge in [0, 0.05) is 13.2 Å². The second-order valence-electron chi connectivity index (χ2n) is 4.30. The van der Waals surface area contributed by atoms with E-state index < -0.39 is 0 Å². The van der Waals surface area contributed by atoms with E-state index in [1.807, 2.05) is 20.2 Å². The Balaban J connectivity index is 0.000000288. The van der Waals surface area contributed by atoms with Crippen LogP contribution in [-0.2, 0) is 7.05 Å². The molecule has 0 aliphatic carbocycles. The summed E-state index contributed by atoms with van der Waals surface area (Å²) in [6.45, 7) is 6.44. The molecule has 0 N–H and O–H groups in total. The molecule has 0 radical (unpaired) electrons. The normalized spacial score (nSPS) is 9.75. The Morgan fingerprint density at radius 2 is 1.50 bits per heavy atom. The molecule has 3 heteroatoms. The van der Waals surface area contributed by atoms with E-state index in [1.165, 1.54) is 44.9 Å². The first-order valence-corrected chi connectivity index (χ1v) is 6.53. The Morgan fingerprint density at radius 1 is 1.00 bits per heavy atom. The van der Waals surface area contributed by atoms with Gasteiger partial charge in [-0.15, -0.1) is 5.10 Å². The van der Waals surface area contributed by atoms with Gasteiger partial charge in [0.15, 0.2) is 0 Å². The van der Waals surface area contributed by atoms with Crippen LogP contribution < -0.4 is 0 Å². The van der Waals surface area contributed by atoms with Crippen molar-refractivity contribution in [1.29, 1.82) is 0 Å². The molecule has 3 nitrogen and oxygen atoms in total. The van der Waals surface area contributed by atoms with Crippen molar-refractivity contribution < 1.29 is 0 Å². The van der Waals surface area contributed by atoms with E-state index in [1.54, 1.807) is 4.68 Å². The van der Waals surface area contributed by atoms with Crippen molar-refractivity contribution in [2.45, 2.75) is 65.7 Å². The molecule has 0 bridgehead atoms. The zero-order chi connectivity index (χ0) is 12.2. The first-order chi connectivity index (χ1) is 7.70. The molecule has 0 spiro atoms. The number of aromatic nitrogens is 3. The van der Waals surface area contributed by atoms with Crippen LogP contribution in [0.5, 0.6) is 0 Å². The van der Waals surface area contributed by atoms with Gasteiger partial charge in [-0.05, 0) is 6.92 Å². The summed E-state index contributed by atoms with van der Waals surface area (Å²) >= 11 is 0. The van der Waals surface area contributed by atoms with E-state index in [4.69, 9.17) is 0 Å². The van der Waals surface area contributed by atoms with Crippen molar-refractivity contribution in [2.75, 3.05) is 0 Å². The van der Waals surface area contributed by atoms with Crippen LogP contribution in [-0.4, -0.2) is 15.0 Å². The lowest BCUT2D eigenvalue weighted by molar-refractivity contribution is 0.602. The standard InChI is InChI=1S/C9H20.C4H7N3/c1-3-5-7-9-8-6-4-2;1-4-3-7(2)6-5-4/h3-9H2,1-2H3;3H,1-2H3. The summed E-state index contributed by atoms with van der Waals surface area (Å²) in [6, 6.07) is 0. The summed E-state index contributed by atoms with van der Waals surface area (Å²) in [5, 5.41) is 7.41. The largest absolute Gasteiger partial charge is 0.255 e. The highest BCUT2D eigenvalue weighted by Gasteiger charge is 1.86. The van der Waals surface area contributed by atoms with Crippen molar-refractivity contribution in [2.24, 2.45) is 7.05 Å². The molecular formula is C13H27N3. The maximum Gasteiger partial charge on any atom is 0.0796 e. The van der Waals surface area contributed by atoms with Crippen LogP contribution in [0, 0.1) is 6.92 Å². The van der Waals surface area contributed by atoms with Crippen molar-refractivity contribution in [3.05, 3.63) is 11.9 Å². The predicted molar refractivity (Wildman–Crippen MR) is 69.4 cm³/mol. The van der Waals surface area contributed by atoms with Gasteiger partial charge >= 0.3 is 0 Å². The molecule has 1 aromatic rings. The van der Waals surface area contributed by atoms with Gasteiger partial charge in [-0.1, -0.05) is 64.0 Å². The van der Waals surface area contributed by atoms with Crippen molar-refractivity contribution in [1.82, 2.24) is 15.0 Å². The van der Waals surface area contributed by atoms with E-state index in [-0.39, 0.29) is 0 Å². The Kier molecular flexibility index (Phi) is 10.1. The Bertz CT molecular complexity index is 221. The Morgan fingerprint density at radius 3 is 1.75 bits per heavy atom. The second-order valence-corrected chi connectivity index (χ2v) is 4.30. The number of aryl methyl sites for hydroxylation is 2. The van der Waals surface area contributed by atoms with Gasteiger partial charge in [-0.25, -0.2) is 0 Å². The van der Waals surface area contributed by atoms with Gasteiger partial charge in [0.05, 0.1) is 5.69 Å². The minimum atomic E-state index is 0.961. The molecule has 94 valence electrons. The zero-order valence-electron chi connectivity index (χ0n) is 11.4. The second kappa shape index (κ2) is 10.7. The number of hydrogen-bond donors (Lipinski definition) is 0. The van der Waals surface area contributed by atoms with E-state index in [0.29, 0.717) is 0 Å². The van der Waals surface area contributed by atoms with Crippen LogP contribution in [0.25, 0.3) is 0 Å². The van der Waals surface area contributed by atoms with Crippen LogP contribution in [0.3, 0.4) is 0 Å². The maximum atomic E-state index is 3.73. The number of rotatable bonds is 6. The molecule has 0 aliphatic rings. The minimum Gasteiger partial charge on any atom is -0.255 e. The lowest BCUT2D eigenvalue weighted by Crippen LogP contribution is -1.85. The van der Waals surface area contributed by atoms with Crippen molar-refractivity contribution in [3.8, 4) is 0 Å². The van der Waals surface area contributed by atoms with Crippen LogP contribution in [0.1, 0.15) is 64.5 Å². The monoisotopic (exact) mass is 225 g/mol. The third kappa shape index (κ3) is 9.69. The Labute approximate surface area is 100 Å². The smallest absolute Gasteiger partial charge is 0.0796 e. The average molecular weight is 225 g/mol. The van der Waals surface area contributed by atoms with E-state index in [0.717, 1.165) is 5.69 Å². The summed E-state index contributed by atoms with van der Waals surface area (Å²) in [7, 11) is 1.85. The summed E-state index contributed by atoms with van der Waals surface area (Å²) in [6.07, 6.45) is 11.8. The third-order valence-corrected chi connectivity index (χ3v) is 2.42. The fraction of sp³-hybridized carbons (Fsp3) is 0.846. The van der Waals surface area contributed by atoms with E-state index in [9.17, 15) is 0 Å². The van der Waals surface area contributed by atoms with Crippen LogP contribution >= 0.6 is 0 Å². The molecule has 1 aromatic heterocycles. The van der Waals surface area contributed by atoms with Gasteiger partial charge in [0.1, 0.15) is 0 Å². The summed E-state index contributed by atoms with van der Waals surface area (Å²) in [4.78, 5) is 0. The first-order valence-electron chi connectivity index (χ1n) is 6.53. The lowest BCUT2D eigenvalue weighted by atomic mass is 10.1. The zero-order valence-corrected chi connectivity index (χ0v) is 11.4. The SMILES string of the molecule is CCCCCCCCC.Cc1cn(C)nn1. The topological polar surface area (TPSA) is 30.7 Å². The van der Waals surface area contributed by atoms with Crippen molar-refractivity contribution in [3.63, 3.8) is 0 Å². The lowest BCUT2D eigenvalue weighted by Gasteiger charge is -1.96. The summed E-state index contributed by atoms with van der Waals surface area (Å²) in [5.74, 6) is 0. The molecule has 0 aliphatic heterocycles. The minimum absolute atomic E-state index is 0.961. The van der Waals surface area contributed by atoms with Crippen LogP contribution in [0.15, 0.2) is 6.20 Å². The molecule has 1 heterocycles. The average Bonchev–Trinajstić information content (AvgIpc) is 2.63. The maximum absolute atomic E-state index is 3.73. The molecule has 0 saturated carbocycles. The summed E-state index contributed by atoms with van der Waals surface area (Å²) in [5.41, 5.74) is 0.961. The number of nitrogens with zero attached hydrogens (tertiary/aromatic N) is 3. The molecule has 0 amide bonds. The molecule has 16 heavy (non-hydrogen) atoms. The van der Waals surface area contributed by atoms with Gasteiger partial charge in [0.2, 0.25) is 0 Å². The Hall–Kier alpha value is -0.860. The first kappa shape index (κ1) is 15.1. The number of unbranched alkanes of at least 4 members (excludes halogenated alkanes) is 6. The molecule has 0 aromatic carbocycles. The fourth-order valence-corrected chi connectivity index (χ4v) is 1.49. The molecular weight excluding hydrogens is 198 g/mol. The van der Waals surface area contributed by atoms with Gasteiger partial charge in [-0.2, -0.15) is 0 Å². The van der Waals surface area contributed by atoms with E-state index in [2.05, 4.69) is 24.2 Å². The molecule has 0 unspecified atom stereocenters. The molecule has 0 fully saturated rings. The highest BCUT2D eigenvalue weighted by molar-refractivity contribution is 4.85. The van der Waals surface area contributed by atoms with Crippen molar-refractivity contribution >= 4 is 0 Å². The van der Waals surface area contributed by atoms with Crippen LogP contribution in [0.2, 0.25) is 0 Å². The van der Waals surface area contributed by atoms with Crippen LogP contribution in [0.4, 0.5) is 0 Å². The predicted octanol–water partition coefficient (Wildman–Crippen LogP) is 3.88. The quantitative estimate of drug-likeness (QED) is 0.688. The van der Waals surface area contributed by atoms with Gasteiger partial charge in [-0.3, -0.25) is 4.68 Å². The third-order valence-electron chi connectivity index (χ3n) is 2.42.